The van der Waals surface area contributed by atoms with Crippen molar-refractivity contribution < 1.29 is 13.2 Å². The van der Waals surface area contributed by atoms with Crippen LogP contribution in [0.1, 0.15) is 48.7 Å². The van der Waals surface area contributed by atoms with E-state index in [4.69, 9.17) is 0 Å². The molecule has 0 spiro atoms. The highest BCUT2D eigenvalue weighted by atomic mass is 32.2. The Balaban J connectivity index is 1.76. The van der Waals surface area contributed by atoms with Crippen LogP contribution in [0, 0.1) is 13.8 Å². The number of para-hydroxylation sites is 1. The van der Waals surface area contributed by atoms with Crippen molar-refractivity contribution in [3.63, 3.8) is 0 Å². The van der Waals surface area contributed by atoms with Gasteiger partial charge >= 0.3 is 0 Å². The Morgan fingerprint density at radius 1 is 1.00 bits per heavy atom. The molecule has 2 saturated heterocycles. The van der Waals surface area contributed by atoms with Gasteiger partial charge in [-0.2, -0.15) is 22.1 Å². The third-order valence-electron chi connectivity index (χ3n) is 5.98. The van der Waals surface area contributed by atoms with Crippen LogP contribution in [0.3, 0.4) is 0 Å². The van der Waals surface area contributed by atoms with E-state index in [0.29, 0.717) is 30.9 Å². The molecule has 0 radical (unpaired) electrons. The number of rotatable bonds is 4. The lowest BCUT2D eigenvalue weighted by molar-refractivity contribution is -0.127. The Labute approximate surface area is 178 Å². The number of aromatic nitrogens is 2. The summed E-state index contributed by atoms with van der Waals surface area (Å²) in [7, 11) is -3.76. The molecule has 9 heteroatoms. The monoisotopic (exact) mass is 431 g/mol. The first-order valence-corrected chi connectivity index (χ1v) is 12.0. The van der Waals surface area contributed by atoms with Crippen LogP contribution in [-0.4, -0.2) is 58.9 Å². The van der Waals surface area contributed by atoms with E-state index in [1.165, 1.54) is 4.31 Å². The number of carbonyl (C=O) groups excluding carboxylic acids is 1. The molecule has 0 saturated carbocycles. The van der Waals surface area contributed by atoms with Gasteiger partial charge in [0.25, 0.3) is 10.2 Å². The predicted octanol–water partition coefficient (Wildman–Crippen LogP) is 2.08. The molecule has 4 rings (SSSR count). The minimum absolute atomic E-state index is 0.255. The summed E-state index contributed by atoms with van der Waals surface area (Å²) in [6.45, 7) is 5.31. The van der Waals surface area contributed by atoms with Gasteiger partial charge in [0.1, 0.15) is 6.04 Å². The fraction of sp³-hybridized carbons (Fsp3) is 0.524. The second-order valence-electron chi connectivity index (χ2n) is 7.96. The van der Waals surface area contributed by atoms with Crippen molar-refractivity contribution in [1.82, 2.24) is 23.7 Å². The third-order valence-corrected chi connectivity index (χ3v) is 7.98. The highest BCUT2D eigenvalue weighted by Gasteiger charge is 2.43. The van der Waals surface area contributed by atoms with Crippen molar-refractivity contribution >= 4 is 16.1 Å². The van der Waals surface area contributed by atoms with Crippen molar-refractivity contribution in [2.75, 3.05) is 26.2 Å². The summed E-state index contributed by atoms with van der Waals surface area (Å²) in [6, 6.07) is 8.75. The number of benzene rings is 1. The summed E-state index contributed by atoms with van der Waals surface area (Å²) in [5.74, 6) is -0.293. The summed E-state index contributed by atoms with van der Waals surface area (Å²) < 4.78 is 31.8. The number of nitrogens with zero attached hydrogens (tertiary/aromatic N) is 4. The standard InChI is InChI=1S/C21H29N5O3S/c1-16-19(17(2)26(23-16)18-10-6-5-7-11-18)20-21(27)22-12-15-25(20)30(28,29)24-13-8-3-4-9-14-24/h5-7,10-11,20H,3-4,8-9,12-15H2,1-2H3,(H,22,27). The molecule has 1 unspecified atom stereocenters. The molecule has 3 heterocycles. The summed E-state index contributed by atoms with van der Waals surface area (Å²) in [4.78, 5) is 13.0. The Morgan fingerprint density at radius 2 is 1.67 bits per heavy atom. The van der Waals surface area contributed by atoms with Gasteiger partial charge in [-0.25, -0.2) is 4.68 Å². The summed E-state index contributed by atoms with van der Waals surface area (Å²) in [6.07, 6.45) is 3.79. The quantitative estimate of drug-likeness (QED) is 0.803. The zero-order chi connectivity index (χ0) is 21.3. The number of hydrogen-bond donors (Lipinski definition) is 1. The molecule has 2 aromatic rings. The lowest BCUT2D eigenvalue weighted by atomic mass is 10.0. The van der Waals surface area contributed by atoms with E-state index in [0.717, 1.165) is 37.1 Å². The molecular formula is C21H29N5O3S. The lowest BCUT2D eigenvalue weighted by Crippen LogP contribution is -2.56. The van der Waals surface area contributed by atoms with E-state index >= 15 is 0 Å². The zero-order valence-corrected chi connectivity index (χ0v) is 18.4. The van der Waals surface area contributed by atoms with Crippen molar-refractivity contribution in [2.45, 2.75) is 45.6 Å². The van der Waals surface area contributed by atoms with Gasteiger partial charge in [0, 0.05) is 37.4 Å². The maximum atomic E-state index is 13.6. The van der Waals surface area contributed by atoms with E-state index in [9.17, 15) is 13.2 Å². The summed E-state index contributed by atoms with van der Waals surface area (Å²) in [5.41, 5.74) is 2.98. The molecule has 1 N–H and O–H groups in total. The Hall–Kier alpha value is -2.23. The molecule has 2 aliphatic heterocycles. The van der Waals surface area contributed by atoms with Gasteiger partial charge in [0.2, 0.25) is 5.91 Å². The Morgan fingerprint density at radius 3 is 2.33 bits per heavy atom. The number of carbonyl (C=O) groups is 1. The van der Waals surface area contributed by atoms with Crippen LogP contribution in [0.2, 0.25) is 0 Å². The highest BCUT2D eigenvalue weighted by Crippen LogP contribution is 2.33. The first kappa shape index (κ1) is 21.0. The fourth-order valence-corrected chi connectivity index (χ4v) is 6.27. The van der Waals surface area contributed by atoms with Gasteiger partial charge in [-0.05, 0) is 38.8 Å². The first-order valence-electron chi connectivity index (χ1n) is 10.6. The number of piperazine rings is 1. The molecule has 162 valence electrons. The molecule has 0 bridgehead atoms. The topological polar surface area (TPSA) is 87.5 Å². The molecular weight excluding hydrogens is 402 g/mol. The maximum absolute atomic E-state index is 13.6. The van der Waals surface area contributed by atoms with E-state index in [1.807, 2.05) is 44.2 Å². The zero-order valence-electron chi connectivity index (χ0n) is 17.5. The third kappa shape index (κ3) is 3.77. The minimum atomic E-state index is -3.76. The van der Waals surface area contributed by atoms with E-state index in [1.54, 1.807) is 8.99 Å². The van der Waals surface area contributed by atoms with Crippen molar-refractivity contribution in [3.8, 4) is 5.69 Å². The molecule has 30 heavy (non-hydrogen) atoms. The summed E-state index contributed by atoms with van der Waals surface area (Å²) in [5, 5.41) is 7.49. The van der Waals surface area contributed by atoms with E-state index < -0.39 is 16.3 Å². The smallest absolute Gasteiger partial charge is 0.283 e. The molecule has 0 aliphatic carbocycles. The second-order valence-corrected chi connectivity index (χ2v) is 9.84. The predicted molar refractivity (Wildman–Crippen MR) is 114 cm³/mol. The normalized spacial score (nSPS) is 21.9. The number of nitrogens with one attached hydrogen (secondary N) is 1. The van der Waals surface area contributed by atoms with E-state index in [2.05, 4.69) is 10.4 Å². The van der Waals surface area contributed by atoms with Crippen LogP contribution in [0.25, 0.3) is 5.69 Å². The van der Waals surface area contributed by atoms with Crippen molar-refractivity contribution in [1.29, 1.82) is 0 Å². The lowest BCUT2D eigenvalue weighted by Gasteiger charge is -2.37. The maximum Gasteiger partial charge on any atom is 0.283 e. The van der Waals surface area contributed by atoms with Gasteiger partial charge < -0.3 is 5.32 Å². The van der Waals surface area contributed by atoms with Gasteiger partial charge in [-0.3, -0.25) is 4.79 Å². The van der Waals surface area contributed by atoms with Gasteiger partial charge in [0.05, 0.1) is 11.4 Å². The number of aryl methyl sites for hydroxylation is 1. The largest absolute Gasteiger partial charge is 0.353 e. The van der Waals surface area contributed by atoms with Crippen molar-refractivity contribution in [2.24, 2.45) is 0 Å². The molecule has 2 fully saturated rings. The number of amides is 1. The fourth-order valence-electron chi connectivity index (χ4n) is 4.46. The molecule has 2 aliphatic rings. The molecule has 1 aromatic carbocycles. The first-order chi connectivity index (χ1) is 14.4. The average molecular weight is 432 g/mol. The van der Waals surface area contributed by atoms with Gasteiger partial charge in [-0.1, -0.05) is 31.0 Å². The Kier molecular flexibility index (Phi) is 5.95. The molecule has 8 nitrogen and oxygen atoms in total. The second kappa shape index (κ2) is 8.49. The molecule has 1 aromatic heterocycles. The minimum Gasteiger partial charge on any atom is -0.353 e. The molecule has 1 atom stereocenters. The SMILES string of the molecule is Cc1nn(-c2ccccc2)c(C)c1C1C(=O)NCCN1S(=O)(=O)N1CCCCCC1. The van der Waals surface area contributed by atoms with Crippen LogP contribution in [0.15, 0.2) is 30.3 Å². The van der Waals surface area contributed by atoms with Crippen LogP contribution < -0.4 is 5.32 Å². The van der Waals surface area contributed by atoms with E-state index in [-0.39, 0.29) is 12.5 Å². The Bertz CT molecular complexity index is 1010. The highest BCUT2D eigenvalue weighted by molar-refractivity contribution is 7.86. The van der Waals surface area contributed by atoms with Crippen LogP contribution in [-0.2, 0) is 15.0 Å². The average Bonchev–Trinajstić information content (AvgIpc) is 2.92. The van der Waals surface area contributed by atoms with Crippen molar-refractivity contribution in [3.05, 3.63) is 47.3 Å². The summed E-state index contributed by atoms with van der Waals surface area (Å²) >= 11 is 0. The van der Waals surface area contributed by atoms with Crippen LogP contribution in [0.4, 0.5) is 0 Å². The van der Waals surface area contributed by atoms with Crippen LogP contribution >= 0.6 is 0 Å². The van der Waals surface area contributed by atoms with Crippen LogP contribution in [0.5, 0.6) is 0 Å². The van der Waals surface area contributed by atoms with Gasteiger partial charge in [-0.15, -0.1) is 0 Å². The van der Waals surface area contributed by atoms with Gasteiger partial charge in [0.15, 0.2) is 0 Å². The molecule has 1 amide bonds. The number of hydrogen-bond acceptors (Lipinski definition) is 4.